The van der Waals surface area contributed by atoms with Gasteiger partial charge < -0.3 is 0 Å². The van der Waals surface area contributed by atoms with Gasteiger partial charge >= 0.3 is 0 Å². The van der Waals surface area contributed by atoms with Crippen LogP contribution in [0.3, 0.4) is 0 Å². The minimum atomic E-state index is -0.0229. The topological polar surface area (TPSA) is 41.5 Å². The number of hydrogen-bond donors (Lipinski definition) is 1. The van der Waals surface area contributed by atoms with Crippen molar-refractivity contribution < 1.29 is 4.79 Å². The SMILES string of the molecule is O=C1/C(=N\Nc2ccccc2)c2cccc3cccc1c23. The lowest BCUT2D eigenvalue weighted by Gasteiger charge is -2.02. The van der Waals surface area contributed by atoms with Gasteiger partial charge in [-0.05, 0) is 17.5 Å². The maximum absolute atomic E-state index is 12.5. The lowest BCUT2D eigenvalue weighted by Crippen LogP contribution is -2.11. The first-order valence-corrected chi connectivity index (χ1v) is 6.80. The van der Waals surface area contributed by atoms with E-state index in [2.05, 4.69) is 10.5 Å². The Morgan fingerprint density at radius 3 is 2.24 bits per heavy atom. The zero-order chi connectivity index (χ0) is 14.2. The van der Waals surface area contributed by atoms with E-state index in [0.717, 1.165) is 27.6 Å². The van der Waals surface area contributed by atoms with Crippen LogP contribution in [0, 0.1) is 0 Å². The van der Waals surface area contributed by atoms with E-state index in [9.17, 15) is 4.79 Å². The maximum atomic E-state index is 12.5. The summed E-state index contributed by atoms with van der Waals surface area (Å²) in [6.07, 6.45) is 0. The van der Waals surface area contributed by atoms with Crippen molar-refractivity contribution in [2.75, 3.05) is 5.43 Å². The number of carbonyl (C=O) groups excluding carboxylic acids is 1. The molecule has 3 heteroatoms. The summed E-state index contributed by atoms with van der Waals surface area (Å²) in [6, 6.07) is 21.3. The normalized spacial score (nSPS) is 14.9. The molecule has 0 aromatic heterocycles. The van der Waals surface area contributed by atoms with Gasteiger partial charge in [0.05, 0.1) is 5.69 Å². The molecule has 0 saturated heterocycles. The van der Waals surface area contributed by atoms with Crippen LogP contribution in [-0.2, 0) is 0 Å². The number of nitrogens with zero attached hydrogens (tertiary/aromatic N) is 1. The van der Waals surface area contributed by atoms with E-state index in [1.807, 2.05) is 66.7 Å². The number of para-hydroxylation sites is 1. The average Bonchev–Trinajstić information content (AvgIpc) is 2.81. The minimum Gasteiger partial charge on any atom is -0.287 e. The Kier molecular flexibility index (Phi) is 2.57. The van der Waals surface area contributed by atoms with Crippen molar-refractivity contribution in [1.29, 1.82) is 0 Å². The Balaban J connectivity index is 1.82. The van der Waals surface area contributed by atoms with Gasteiger partial charge in [-0.3, -0.25) is 10.2 Å². The van der Waals surface area contributed by atoms with E-state index < -0.39 is 0 Å². The van der Waals surface area contributed by atoms with Crippen LogP contribution in [-0.4, -0.2) is 11.5 Å². The molecule has 0 bridgehead atoms. The summed E-state index contributed by atoms with van der Waals surface area (Å²) in [7, 11) is 0. The molecule has 4 rings (SSSR count). The summed E-state index contributed by atoms with van der Waals surface area (Å²) < 4.78 is 0. The predicted molar refractivity (Wildman–Crippen MR) is 84.9 cm³/mol. The van der Waals surface area contributed by atoms with E-state index >= 15 is 0 Å². The van der Waals surface area contributed by atoms with Gasteiger partial charge in [-0.25, -0.2) is 0 Å². The molecule has 3 aromatic carbocycles. The summed E-state index contributed by atoms with van der Waals surface area (Å²) in [5, 5.41) is 6.40. The smallest absolute Gasteiger partial charge is 0.214 e. The summed E-state index contributed by atoms with van der Waals surface area (Å²) in [4.78, 5) is 12.5. The van der Waals surface area contributed by atoms with E-state index in [0.29, 0.717) is 5.71 Å². The molecule has 0 atom stereocenters. The standard InChI is InChI=1S/C18H12N2O/c21-18-15-11-5-7-12-6-4-10-14(16(12)15)17(18)20-19-13-8-2-1-3-9-13/h1-11,19H/b20-17-. The maximum Gasteiger partial charge on any atom is 0.214 e. The summed E-state index contributed by atoms with van der Waals surface area (Å²) in [5.74, 6) is -0.0229. The van der Waals surface area contributed by atoms with E-state index in [1.54, 1.807) is 0 Å². The van der Waals surface area contributed by atoms with Gasteiger partial charge in [-0.15, -0.1) is 0 Å². The second kappa shape index (κ2) is 4.56. The molecule has 100 valence electrons. The number of hydrazone groups is 1. The molecule has 0 spiro atoms. The highest BCUT2D eigenvalue weighted by Gasteiger charge is 2.28. The van der Waals surface area contributed by atoms with Crippen LogP contribution < -0.4 is 5.43 Å². The van der Waals surface area contributed by atoms with E-state index in [4.69, 9.17) is 0 Å². The predicted octanol–water partition coefficient (Wildman–Crippen LogP) is 3.85. The summed E-state index contributed by atoms with van der Waals surface area (Å²) >= 11 is 0. The number of benzene rings is 3. The Bertz CT molecular complexity index is 877. The molecule has 0 aliphatic heterocycles. The van der Waals surface area contributed by atoms with Crippen LogP contribution in [0.1, 0.15) is 15.9 Å². The number of ketones is 1. The van der Waals surface area contributed by atoms with Crippen molar-refractivity contribution in [1.82, 2.24) is 0 Å². The van der Waals surface area contributed by atoms with Crippen LogP contribution >= 0.6 is 0 Å². The van der Waals surface area contributed by atoms with Crippen LogP contribution in [0.4, 0.5) is 5.69 Å². The van der Waals surface area contributed by atoms with Gasteiger partial charge in [0.1, 0.15) is 5.71 Å². The molecule has 0 radical (unpaired) electrons. The second-order valence-corrected chi connectivity index (χ2v) is 4.98. The van der Waals surface area contributed by atoms with Crippen molar-refractivity contribution in [3.8, 4) is 0 Å². The zero-order valence-corrected chi connectivity index (χ0v) is 11.2. The van der Waals surface area contributed by atoms with Gasteiger partial charge in [-0.2, -0.15) is 5.10 Å². The van der Waals surface area contributed by atoms with E-state index in [-0.39, 0.29) is 5.78 Å². The number of hydrogen-bond acceptors (Lipinski definition) is 3. The molecule has 3 aromatic rings. The third-order valence-electron chi connectivity index (χ3n) is 3.69. The fourth-order valence-electron chi connectivity index (χ4n) is 2.72. The first-order valence-electron chi connectivity index (χ1n) is 6.80. The van der Waals surface area contributed by atoms with Crippen molar-refractivity contribution in [3.63, 3.8) is 0 Å². The number of Topliss-reactive ketones (excluding diaryl/α,β-unsaturated/α-hetero) is 1. The molecule has 21 heavy (non-hydrogen) atoms. The van der Waals surface area contributed by atoms with Crippen molar-refractivity contribution in [2.45, 2.75) is 0 Å². The second-order valence-electron chi connectivity index (χ2n) is 4.98. The molecule has 0 saturated carbocycles. The van der Waals surface area contributed by atoms with Crippen molar-refractivity contribution in [3.05, 3.63) is 77.9 Å². The largest absolute Gasteiger partial charge is 0.287 e. The third kappa shape index (κ3) is 1.82. The molecule has 3 nitrogen and oxygen atoms in total. The molecule has 1 N–H and O–H groups in total. The Labute approximate surface area is 121 Å². The zero-order valence-electron chi connectivity index (χ0n) is 11.2. The van der Waals surface area contributed by atoms with Gasteiger partial charge in [0.2, 0.25) is 5.78 Å². The molecule has 0 heterocycles. The van der Waals surface area contributed by atoms with E-state index in [1.165, 1.54) is 0 Å². The van der Waals surface area contributed by atoms with Gasteiger partial charge in [0.25, 0.3) is 0 Å². The quantitative estimate of drug-likeness (QED) is 0.720. The van der Waals surface area contributed by atoms with Crippen LogP contribution in [0.5, 0.6) is 0 Å². The average molecular weight is 272 g/mol. The minimum absolute atomic E-state index is 0.0229. The van der Waals surface area contributed by atoms with Crippen molar-refractivity contribution >= 4 is 28.0 Å². The molecule has 0 amide bonds. The highest BCUT2D eigenvalue weighted by Crippen LogP contribution is 2.31. The number of carbonyl (C=O) groups is 1. The summed E-state index contributed by atoms with van der Waals surface area (Å²) in [6.45, 7) is 0. The Hall–Kier alpha value is -2.94. The molecule has 0 fully saturated rings. The molecular formula is C18H12N2O. The highest BCUT2D eigenvalue weighted by atomic mass is 16.1. The number of nitrogens with one attached hydrogen (secondary N) is 1. The molecule has 1 aliphatic carbocycles. The van der Waals surface area contributed by atoms with Crippen molar-refractivity contribution in [2.24, 2.45) is 5.10 Å². The summed E-state index contributed by atoms with van der Waals surface area (Å²) in [5.41, 5.74) is 5.93. The van der Waals surface area contributed by atoms with Crippen LogP contribution in [0.2, 0.25) is 0 Å². The molecule has 1 aliphatic rings. The Morgan fingerprint density at radius 2 is 1.48 bits per heavy atom. The molecule has 0 unspecified atom stereocenters. The third-order valence-corrected chi connectivity index (χ3v) is 3.69. The van der Waals surface area contributed by atoms with Crippen LogP contribution in [0.25, 0.3) is 10.8 Å². The monoisotopic (exact) mass is 272 g/mol. The molecular weight excluding hydrogens is 260 g/mol. The lowest BCUT2D eigenvalue weighted by atomic mass is 10.1. The first kappa shape index (κ1) is 11.9. The van der Waals surface area contributed by atoms with Gasteiger partial charge in [-0.1, -0.05) is 54.6 Å². The number of anilines is 1. The lowest BCUT2D eigenvalue weighted by molar-refractivity contribution is 0.107. The van der Waals surface area contributed by atoms with Gasteiger partial charge in [0.15, 0.2) is 0 Å². The fourth-order valence-corrected chi connectivity index (χ4v) is 2.72. The number of rotatable bonds is 2. The van der Waals surface area contributed by atoms with Gasteiger partial charge in [0, 0.05) is 16.5 Å². The first-order chi connectivity index (χ1) is 10.3. The van der Waals surface area contributed by atoms with Crippen LogP contribution in [0.15, 0.2) is 71.8 Å². The fraction of sp³-hybridized carbons (Fsp3) is 0. The Morgan fingerprint density at radius 1 is 0.762 bits per heavy atom. The highest BCUT2D eigenvalue weighted by molar-refractivity contribution is 6.59.